The van der Waals surface area contributed by atoms with Crippen molar-refractivity contribution in [1.29, 1.82) is 0 Å². The lowest BCUT2D eigenvalue weighted by Gasteiger charge is -2.38. The quantitative estimate of drug-likeness (QED) is 0.826. The van der Waals surface area contributed by atoms with E-state index in [4.69, 9.17) is 0 Å². The van der Waals surface area contributed by atoms with Crippen LogP contribution in [0.25, 0.3) is 0 Å². The number of aliphatic hydroxyl groups excluding tert-OH is 1. The molecule has 1 atom stereocenters. The van der Waals surface area contributed by atoms with Gasteiger partial charge in [0.2, 0.25) is 0 Å². The van der Waals surface area contributed by atoms with Crippen LogP contribution in [-0.4, -0.2) is 36.2 Å². The molecule has 0 unspecified atom stereocenters. The van der Waals surface area contributed by atoms with Crippen molar-refractivity contribution in [2.45, 2.75) is 44.2 Å². The SMILES string of the molecule is O=C(N[C@H](Cc1ccccc1)C1CC(O)C1)c1ccc(N2CCCC2)cc1. The molecule has 1 saturated carbocycles. The highest BCUT2D eigenvalue weighted by molar-refractivity contribution is 5.94. The zero-order valence-electron chi connectivity index (χ0n) is 15.7. The number of anilines is 1. The number of nitrogens with zero attached hydrogens (tertiary/aromatic N) is 1. The topological polar surface area (TPSA) is 52.6 Å². The second-order valence-electron chi connectivity index (χ2n) is 7.90. The van der Waals surface area contributed by atoms with Crippen molar-refractivity contribution >= 4 is 11.6 Å². The monoisotopic (exact) mass is 364 g/mol. The fraction of sp³-hybridized carbons (Fsp3) is 0.435. The maximum atomic E-state index is 12.8. The lowest BCUT2D eigenvalue weighted by atomic mass is 9.75. The van der Waals surface area contributed by atoms with Crippen LogP contribution in [0, 0.1) is 5.92 Å². The van der Waals surface area contributed by atoms with Gasteiger partial charge in [0.15, 0.2) is 0 Å². The molecule has 1 aliphatic heterocycles. The molecule has 1 amide bonds. The zero-order valence-corrected chi connectivity index (χ0v) is 15.7. The first-order valence-electron chi connectivity index (χ1n) is 10.1. The Hall–Kier alpha value is -2.33. The van der Waals surface area contributed by atoms with Crippen LogP contribution in [-0.2, 0) is 6.42 Å². The average Bonchev–Trinajstić information content (AvgIpc) is 3.21. The highest BCUT2D eigenvalue weighted by Crippen LogP contribution is 2.32. The summed E-state index contributed by atoms with van der Waals surface area (Å²) in [5.41, 5.74) is 3.12. The van der Waals surface area contributed by atoms with Gasteiger partial charge >= 0.3 is 0 Å². The van der Waals surface area contributed by atoms with Gasteiger partial charge in [-0.1, -0.05) is 30.3 Å². The first kappa shape index (κ1) is 18.1. The van der Waals surface area contributed by atoms with Crippen LogP contribution in [0.3, 0.4) is 0 Å². The first-order chi connectivity index (χ1) is 13.2. The summed E-state index contributed by atoms with van der Waals surface area (Å²) in [7, 11) is 0. The van der Waals surface area contributed by atoms with E-state index in [0.717, 1.165) is 32.4 Å². The van der Waals surface area contributed by atoms with E-state index < -0.39 is 0 Å². The number of amides is 1. The number of hydrogen-bond donors (Lipinski definition) is 2. The maximum absolute atomic E-state index is 12.8. The van der Waals surface area contributed by atoms with Gasteiger partial charge in [0.05, 0.1) is 6.10 Å². The third kappa shape index (κ3) is 4.33. The lowest BCUT2D eigenvalue weighted by molar-refractivity contribution is 0.0239. The lowest BCUT2D eigenvalue weighted by Crippen LogP contribution is -2.48. The molecule has 4 rings (SSSR count). The highest BCUT2D eigenvalue weighted by atomic mass is 16.3. The van der Waals surface area contributed by atoms with Crippen LogP contribution in [0.4, 0.5) is 5.69 Å². The number of carbonyl (C=O) groups excluding carboxylic acids is 1. The van der Waals surface area contributed by atoms with Crippen LogP contribution in [0.2, 0.25) is 0 Å². The molecule has 0 bridgehead atoms. The minimum absolute atomic E-state index is 0.0229. The molecular weight excluding hydrogens is 336 g/mol. The van der Waals surface area contributed by atoms with Gasteiger partial charge < -0.3 is 15.3 Å². The van der Waals surface area contributed by atoms with Crippen molar-refractivity contribution in [2.24, 2.45) is 5.92 Å². The highest BCUT2D eigenvalue weighted by Gasteiger charge is 2.34. The summed E-state index contributed by atoms with van der Waals surface area (Å²) >= 11 is 0. The van der Waals surface area contributed by atoms with E-state index in [9.17, 15) is 9.90 Å². The Kier molecular flexibility index (Phi) is 5.44. The summed E-state index contributed by atoms with van der Waals surface area (Å²) < 4.78 is 0. The van der Waals surface area contributed by atoms with Gasteiger partial charge in [-0.25, -0.2) is 0 Å². The van der Waals surface area contributed by atoms with E-state index in [1.165, 1.54) is 24.1 Å². The predicted octanol–water partition coefficient (Wildman–Crippen LogP) is 3.40. The molecule has 0 radical (unpaired) electrons. The van der Waals surface area contributed by atoms with E-state index in [2.05, 4.69) is 34.5 Å². The number of rotatable bonds is 6. The third-order valence-electron chi connectivity index (χ3n) is 5.93. The van der Waals surface area contributed by atoms with E-state index in [0.29, 0.717) is 11.5 Å². The van der Waals surface area contributed by atoms with E-state index >= 15 is 0 Å². The van der Waals surface area contributed by atoms with Crippen molar-refractivity contribution in [3.05, 3.63) is 65.7 Å². The fourth-order valence-electron chi connectivity index (χ4n) is 4.21. The van der Waals surface area contributed by atoms with Gasteiger partial charge in [-0.15, -0.1) is 0 Å². The van der Waals surface area contributed by atoms with Crippen LogP contribution < -0.4 is 10.2 Å². The molecule has 1 aliphatic carbocycles. The second kappa shape index (κ2) is 8.13. The molecule has 1 saturated heterocycles. The van der Waals surface area contributed by atoms with Gasteiger partial charge in [0.25, 0.3) is 5.91 Å². The smallest absolute Gasteiger partial charge is 0.251 e. The normalized spacial score (nSPS) is 22.9. The summed E-state index contributed by atoms with van der Waals surface area (Å²) in [6.07, 6.45) is 4.62. The van der Waals surface area contributed by atoms with E-state index in [1.807, 2.05) is 30.3 Å². The van der Waals surface area contributed by atoms with Crippen molar-refractivity contribution in [3.8, 4) is 0 Å². The molecule has 4 heteroatoms. The molecule has 142 valence electrons. The number of benzene rings is 2. The van der Waals surface area contributed by atoms with Crippen molar-refractivity contribution in [2.75, 3.05) is 18.0 Å². The Morgan fingerprint density at radius 1 is 1.04 bits per heavy atom. The Labute approximate surface area is 161 Å². The van der Waals surface area contributed by atoms with Gasteiger partial charge in [0, 0.05) is 30.4 Å². The molecule has 4 nitrogen and oxygen atoms in total. The standard InChI is InChI=1S/C23H28N2O2/c26-21-15-19(16-21)22(14-17-6-2-1-3-7-17)24-23(27)18-8-10-20(11-9-18)25-12-4-5-13-25/h1-3,6-11,19,21-22,26H,4-5,12-16H2,(H,24,27)/t19?,21?,22-/m1/s1. The van der Waals surface area contributed by atoms with Gasteiger partial charge in [0.1, 0.15) is 0 Å². The summed E-state index contributed by atoms with van der Waals surface area (Å²) in [4.78, 5) is 15.2. The minimum Gasteiger partial charge on any atom is -0.393 e. The molecule has 0 aromatic heterocycles. The molecule has 2 aromatic carbocycles. The second-order valence-corrected chi connectivity index (χ2v) is 7.90. The maximum Gasteiger partial charge on any atom is 0.251 e. The molecule has 2 fully saturated rings. The molecule has 2 aliphatic rings. The molecule has 1 heterocycles. The molecule has 2 N–H and O–H groups in total. The number of carbonyl (C=O) groups is 1. The third-order valence-corrected chi connectivity index (χ3v) is 5.93. The van der Waals surface area contributed by atoms with Crippen LogP contribution in [0.15, 0.2) is 54.6 Å². The number of nitrogens with one attached hydrogen (secondary N) is 1. The largest absolute Gasteiger partial charge is 0.393 e. The summed E-state index contributed by atoms with van der Waals surface area (Å²) in [5, 5.41) is 12.9. The van der Waals surface area contributed by atoms with Gasteiger partial charge in [-0.3, -0.25) is 4.79 Å². The number of hydrogen-bond acceptors (Lipinski definition) is 3. The summed E-state index contributed by atoms with van der Waals surface area (Å²) in [6.45, 7) is 2.21. The van der Waals surface area contributed by atoms with Crippen molar-refractivity contribution in [1.82, 2.24) is 5.32 Å². The van der Waals surface area contributed by atoms with Crippen molar-refractivity contribution in [3.63, 3.8) is 0 Å². The fourth-order valence-corrected chi connectivity index (χ4v) is 4.21. The minimum atomic E-state index is -0.218. The molecule has 0 spiro atoms. The Morgan fingerprint density at radius 3 is 2.33 bits per heavy atom. The van der Waals surface area contributed by atoms with Gasteiger partial charge in [-0.05, 0) is 67.9 Å². The predicted molar refractivity (Wildman–Crippen MR) is 108 cm³/mol. The molecular formula is C23H28N2O2. The first-order valence-corrected chi connectivity index (χ1v) is 10.1. The Bertz CT molecular complexity index is 748. The number of aliphatic hydroxyl groups is 1. The average molecular weight is 364 g/mol. The zero-order chi connectivity index (χ0) is 18.6. The molecule has 2 aromatic rings. The van der Waals surface area contributed by atoms with Crippen LogP contribution in [0.1, 0.15) is 41.6 Å². The summed E-state index contributed by atoms with van der Waals surface area (Å²) in [5.74, 6) is 0.318. The van der Waals surface area contributed by atoms with Crippen LogP contribution >= 0.6 is 0 Å². The summed E-state index contributed by atoms with van der Waals surface area (Å²) in [6, 6.07) is 18.3. The van der Waals surface area contributed by atoms with Crippen molar-refractivity contribution < 1.29 is 9.90 Å². The molecule has 27 heavy (non-hydrogen) atoms. The van der Waals surface area contributed by atoms with E-state index in [-0.39, 0.29) is 18.1 Å². The Balaban J connectivity index is 1.42. The Morgan fingerprint density at radius 2 is 1.70 bits per heavy atom. The van der Waals surface area contributed by atoms with E-state index in [1.54, 1.807) is 0 Å². The van der Waals surface area contributed by atoms with Crippen LogP contribution in [0.5, 0.6) is 0 Å². The van der Waals surface area contributed by atoms with Gasteiger partial charge in [-0.2, -0.15) is 0 Å².